The minimum atomic E-state index is -3.88. The van der Waals surface area contributed by atoms with Gasteiger partial charge in [0.2, 0.25) is 10.0 Å². The van der Waals surface area contributed by atoms with Crippen LogP contribution in [0.1, 0.15) is 63.6 Å². The average Bonchev–Trinajstić information content (AvgIpc) is 3.68. The number of hydrogen-bond acceptors (Lipinski definition) is 9. The lowest BCUT2D eigenvalue weighted by Gasteiger charge is -2.37. The predicted molar refractivity (Wildman–Crippen MR) is 139 cm³/mol. The summed E-state index contributed by atoms with van der Waals surface area (Å²) in [7, 11) is -2.28. The van der Waals surface area contributed by atoms with Crippen LogP contribution in [-0.2, 0) is 20.4 Å². The maximum absolute atomic E-state index is 13.6. The molecule has 1 saturated heterocycles. The highest BCUT2D eigenvalue weighted by Crippen LogP contribution is 2.52. The van der Waals surface area contributed by atoms with Crippen molar-refractivity contribution in [3.05, 3.63) is 23.0 Å². The van der Waals surface area contributed by atoms with Gasteiger partial charge in [0.05, 0.1) is 5.69 Å². The second-order valence-corrected chi connectivity index (χ2v) is 13.7. The van der Waals surface area contributed by atoms with Crippen molar-refractivity contribution in [2.45, 2.75) is 81.0 Å². The van der Waals surface area contributed by atoms with Crippen molar-refractivity contribution in [1.82, 2.24) is 29.6 Å². The molecular weight excluding hydrogens is 536 g/mol. The number of alkyl halides is 2. The molecule has 0 aromatic carbocycles. The van der Waals surface area contributed by atoms with Crippen LogP contribution in [0.2, 0.25) is 0 Å². The maximum Gasteiger partial charge on any atom is 0.291 e. The van der Waals surface area contributed by atoms with E-state index in [9.17, 15) is 17.2 Å². The number of methoxy groups -OCH3 is 1. The van der Waals surface area contributed by atoms with Crippen molar-refractivity contribution in [1.29, 1.82) is 0 Å². The SMILES string of the molecule is COC1(c2nc3c(N4C[C@H](C)N[C@@H](C)C4)cc(S(=O)(=O)NC4(C)CC4)cn3c2-c2nnc(C(F)F)s2)CC1. The van der Waals surface area contributed by atoms with Gasteiger partial charge in [0, 0.05) is 44.0 Å². The van der Waals surface area contributed by atoms with Gasteiger partial charge in [0.25, 0.3) is 6.43 Å². The lowest BCUT2D eigenvalue weighted by Crippen LogP contribution is -2.54. The van der Waals surface area contributed by atoms with Crippen molar-refractivity contribution >= 4 is 32.7 Å². The summed E-state index contributed by atoms with van der Waals surface area (Å²) < 4.78 is 64.5. The molecule has 3 aromatic rings. The first-order chi connectivity index (χ1) is 17.9. The number of nitrogens with zero attached hydrogens (tertiary/aromatic N) is 5. The quantitative estimate of drug-likeness (QED) is 0.426. The molecule has 2 atom stereocenters. The van der Waals surface area contributed by atoms with E-state index < -0.39 is 32.6 Å². The summed E-state index contributed by atoms with van der Waals surface area (Å²) in [6, 6.07) is 2.01. The molecule has 0 bridgehead atoms. The van der Waals surface area contributed by atoms with Crippen molar-refractivity contribution in [3.63, 3.8) is 0 Å². The Hall–Kier alpha value is -2.26. The molecule has 3 aliphatic rings. The molecule has 3 fully saturated rings. The molecule has 38 heavy (non-hydrogen) atoms. The van der Waals surface area contributed by atoms with Crippen molar-refractivity contribution in [2.75, 3.05) is 25.1 Å². The first kappa shape index (κ1) is 26.0. The van der Waals surface area contributed by atoms with Crippen LogP contribution in [0, 0.1) is 0 Å². The third kappa shape index (κ3) is 4.49. The average molecular weight is 568 g/mol. The Labute approximate surface area is 223 Å². The Bertz CT molecular complexity index is 1490. The highest BCUT2D eigenvalue weighted by atomic mass is 32.2. The Morgan fingerprint density at radius 3 is 2.42 bits per heavy atom. The summed E-state index contributed by atoms with van der Waals surface area (Å²) in [4.78, 5) is 7.21. The molecule has 0 spiro atoms. The maximum atomic E-state index is 13.6. The zero-order valence-electron chi connectivity index (χ0n) is 21.7. The van der Waals surface area contributed by atoms with Crippen LogP contribution in [0.25, 0.3) is 16.3 Å². The molecule has 4 heterocycles. The van der Waals surface area contributed by atoms with Gasteiger partial charge in [0.15, 0.2) is 15.7 Å². The van der Waals surface area contributed by atoms with Crippen molar-refractivity contribution in [2.24, 2.45) is 0 Å². The lowest BCUT2D eigenvalue weighted by molar-refractivity contribution is 0.0761. The Morgan fingerprint density at radius 2 is 1.87 bits per heavy atom. The minimum Gasteiger partial charge on any atom is -0.372 e. The van der Waals surface area contributed by atoms with E-state index in [1.807, 2.05) is 6.92 Å². The third-order valence-electron chi connectivity index (χ3n) is 7.62. The zero-order valence-corrected chi connectivity index (χ0v) is 23.3. The minimum absolute atomic E-state index is 0.0815. The van der Waals surface area contributed by atoms with Gasteiger partial charge in [-0.3, -0.25) is 4.40 Å². The van der Waals surface area contributed by atoms with Crippen LogP contribution in [0.5, 0.6) is 0 Å². The van der Waals surface area contributed by atoms with Crippen LogP contribution in [0.3, 0.4) is 0 Å². The Balaban J connectivity index is 1.61. The van der Waals surface area contributed by atoms with E-state index in [2.05, 4.69) is 39.0 Å². The van der Waals surface area contributed by atoms with Gasteiger partial charge >= 0.3 is 0 Å². The topological polar surface area (TPSA) is 114 Å². The first-order valence-electron chi connectivity index (χ1n) is 12.7. The molecule has 0 unspecified atom stereocenters. The normalized spacial score (nSPS) is 24.3. The van der Waals surface area contributed by atoms with E-state index in [1.54, 1.807) is 17.6 Å². The largest absolute Gasteiger partial charge is 0.372 e. The molecule has 14 heteroatoms. The molecule has 6 rings (SSSR count). The molecule has 0 amide bonds. The number of sulfonamides is 1. The number of ether oxygens (including phenoxy) is 1. The Kier molecular flexibility index (Phi) is 6.07. The number of halogens is 2. The smallest absolute Gasteiger partial charge is 0.291 e. The number of anilines is 1. The third-order valence-corrected chi connectivity index (χ3v) is 10.2. The number of imidazole rings is 1. The van der Waals surface area contributed by atoms with E-state index in [0.29, 0.717) is 48.7 Å². The second-order valence-electron chi connectivity index (χ2n) is 11.0. The molecule has 206 valence electrons. The van der Waals surface area contributed by atoms with Gasteiger partial charge in [0.1, 0.15) is 21.9 Å². The van der Waals surface area contributed by atoms with Crippen molar-refractivity contribution < 1.29 is 21.9 Å². The number of piperazine rings is 1. The van der Waals surface area contributed by atoms with Gasteiger partial charge in [-0.1, -0.05) is 11.3 Å². The summed E-state index contributed by atoms with van der Waals surface area (Å²) in [5.74, 6) is 0. The number of fused-ring (bicyclic) bond motifs is 1. The van der Waals surface area contributed by atoms with E-state index in [4.69, 9.17) is 9.72 Å². The number of hydrogen-bond donors (Lipinski definition) is 2. The van der Waals surface area contributed by atoms with Gasteiger partial charge in [-0.2, -0.15) is 0 Å². The highest BCUT2D eigenvalue weighted by molar-refractivity contribution is 7.89. The van der Waals surface area contributed by atoms with Gasteiger partial charge < -0.3 is 15.0 Å². The molecular formula is C24H31F2N7O3S2. The molecule has 3 aromatic heterocycles. The van der Waals surface area contributed by atoms with Crippen LogP contribution >= 0.6 is 11.3 Å². The van der Waals surface area contributed by atoms with Gasteiger partial charge in [-0.05, 0) is 52.5 Å². The standard InChI is InChI=1S/C24H31F2N7O3S2/c1-13-10-32(11-14(2)27-13)16-9-15(38(34,35)31-23(3)5-6-23)12-33-17(21-29-30-22(37-21)19(25)26)18(28-20(16)33)24(36-4)7-8-24/h9,12-14,19,27,31H,5-8,10-11H2,1-4H3/t13-,14-/m0/s1. The van der Waals surface area contributed by atoms with Gasteiger partial charge in [-0.15, -0.1) is 10.2 Å². The van der Waals surface area contributed by atoms with E-state index in [1.165, 1.54) is 6.20 Å². The molecule has 1 aliphatic heterocycles. The van der Waals surface area contributed by atoms with E-state index in [0.717, 1.165) is 24.2 Å². The number of nitrogens with one attached hydrogen (secondary N) is 2. The lowest BCUT2D eigenvalue weighted by atomic mass is 10.1. The fourth-order valence-electron chi connectivity index (χ4n) is 5.27. The zero-order chi connectivity index (χ0) is 27.0. The number of pyridine rings is 1. The molecule has 2 aliphatic carbocycles. The van der Waals surface area contributed by atoms with Gasteiger partial charge in [-0.25, -0.2) is 26.9 Å². The summed E-state index contributed by atoms with van der Waals surface area (Å²) in [5, 5.41) is 11.1. The second kappa shape index (κ2) is 8.88. The molecule has 10 nitrogen and oxygen atoms in total. The predicted octanol–water partition coefficient (Wildman–Crippen LogP) is 3.44. The fourth-order valence-corrected chi connectivity index (χ4v) is 7.49. The van der Waals surface area contributed by atoms with Crippen LogP contribution in [0.4, 0.5) is 14.5 Å². The van der Waals surface area contributed by atoms with E-state index in [-0.39, 0.29) is 22.0 Å². The van der Waals surface area contributed by atoms with Crippen LogP contribution < -0.4 is 14.9 Å². The van der Waals surface area contributed by atoms with Crippen LogP contribution in [-0.4, -0.2) is 65.8 Å². The molecule has 2 saturated carbocycles. The summed E-state index contributed by atoms with van der Waals surface area (Å²) in [6.45, 7) is 7.34. The number of aromatic nitrogens is 4. The number of rotatable bonds is 8. The highest BCUT2D eigenvalue weighted by Gasteiger charge is 2.50. The van der Waals surface area contributed by atoms with Crippen LogP contribution in [0.15, 0.2) is 17.2 Å². The van der Waals surface area contributed by atoms with Crippen molar-refractivity contribution in [3.8, 4) is 10.7 Å². The monoisotopic (exact) mass is 567 g/mol. The van der Waals surface area contributed by atoms with E-state index >= 15 is 0 Å². The molecule has 0 radical (unpaired) electrons. The fraction of sp³-hybridized carbons (Fsp3) is 0.625. The summed E-state index contributed by atoms with van der Waals surface area (Å²) >= 11 is 0.780. The molecule has 2 N–H and O–H groups in total. The Morgan fingerprint density at radius 1 is 1.18 bits per heavy atom. The summed E-state index contributed by atoms with van der Waals surface area (Å²) in [6.07, 6.45) is 1.72. The first-order valence-corrected chi connectivity index (χ1v) is 15.0. The summed E-state index contributed by atoms with van der Waals surface area (Å²) in [5.41, 5.74) is 1.05.